The Morgan fingerprint density at radius 2 is 1.81 bits per heavy atom. The van der Waals surface area contributed by atoms with Crippen LogP contribution in [0.5, 0.6) is 0 Å². The number of carbonyl (C=O) groups is 1. The number of carboxylic acids is 1. The lowest BCUT2D eigenvalue weighted by Gasteiger charge is -2.12. The van der Waals surface area contributed by atoms with Crippen molar-refractivity contribution in [3.8, 4) is 0 Å². The van der Waals surface area contributed by atoms with E-state index in [-0.39, 0.29) is 0 Å². The van der Waals surface area contributed by atoms with Crippen LogP contribution in [0.15, 0.2) is 16.3 Å². The van der Waals surface area contributed by atoms with Gasteiger partial charge in [-0.3, -0.25) is 4.99 Å². The molecule has 0 radical (unpaired) electrons. The molecule has 3 N–H and O–H groups in total. The number of nitrogens with zero attached hydrogens (tertiary/aromatic N) is 1. The van der Waals surface area contributed by atoms with Gasteiger partial charge in [-0.25, -0.2) is 13.6 Å². The fraction of sp³-hybridized carbons (Fsp3) is 0.429. The van der Waals surface area contributed by atoms with E-state index >= 15 is 0 Å². The van der Waals surface area contributed by atoms with Crippen LogP contribution < -0.4 is 5.73 Å². The van der Waals surface area contributed by atoms with Crippen molar-refractivity contribution >= 4 is 11.7 Å². The molecular formula is C7H7F5N2O2. The van der Waals surface area contributed by atoms with Gasteiger partial charge in [-0.05, 0) is 0 Å². The van der Waals surface area contributed by atoms with Gasteiger partial charge >= 0.3 is 12.1 Å². The third-order valence-electron chi connectivity index (χ3n) is 1.47. The molecular weight excluding hydrogens is 239 g/mol. The zero-order valence-electron chi connectivity index (χ0n) is 7.85. The zero-order chi connectivity index (χ0) is 13.1. The van der Waals surface area contributed by atoms with Gasteiger partial charge in [0.25, 0.3) is 6.43 Å². The maximum Gasteiger partial charge on any atom is 0.433 e. The topological polar surface area (TPSA) is 75.7 Å². The second-order valence-corrected chi connectivity index (χ2v) is 2.51. The molecule has 0 amide bonds. The number of carboxylic acid groups (broad SMARTS) is 1. The highest BCUT2D eigenvalue weighted by molar-refractivity contribution is 6.22. The van der Waals surface area contributed by atoms with Crippen LogP contribution in [0.1, 0.15) is 0 Å². The molecule has 0 atom stereocenters. The summed E-state index contributed by atoms with van der Waals surface area (Å²) in [4.78, 5) is 13.1. The van der Waals surface area contributed by atoms with E-state index in [1.54, 1.807) is 0 Å². The summed E-state index contributed by atoms with van der Waals surface area (Å²) < 4.78 is 60.8. The number of hydrogen-bond acceptors (Lipinski definition) is 3. The number of aliphatic imine (C=N–C) groups is 1. The second-order valence-electron chi connectivity index (χ2n) is 2.51. The molecule has 16 heavy (non-hydrogen) atoms. The standard InChI is InChI=1S/C7H7F5N2O2/c1-14-4(7(10,11)12)2(6(15)16)3(13)5(8)9/h5H,13H2,1H3,(H,15,16). The number of rotatable bonds is 3. The minimum atomic E-state index is -5.16. The molecule has 0 heterocycles. The van der Waals surface area contributed by atoms with Crippen LogP contribution in [0, 0.1) is 0 Å². The molecule has 0 aromatic carbocycles. The number of aliphatic carboxylic acids is 1. The Morgan fingerprint density at radius 3 is 2.00 bits per heavy atom. The summed E-state index contributed by atoms with van der Waals surface area (Å²) >= 11 is 0. The van der Waals surface area contributed by atoms with E-state index in [0.717, 1.165) is 0 Å². The van der Waals surface area contributed by atoms with Gasteiger partial charge in [0.1, 0.15) is 5.57 Å². The third-order valence-corrected chi connectivity index (χ3v) is 1.47. The zero-order valence-corrected chi connectivity index (χ0v) is 7.85. The molecule has 0 rings (SSSR count). The Bertz CT molecular complexity index is 345. The monoisotopic (exact) mass is 246 g/mol. The summed E-state index contributed by atoms with van der Waals surface area (Å²) in [5.74, 6) is -2.21. The molecule has 92 valence electrons. The lowest BCUT2D eigenvalue weighted by Crippen LogP contribution is -2.32. The van der Waals surface area contributed by atoms with Gasteiger partial charge in [0.2, 0.25) is 0 Å². The number of halogens is 5. The summed E-state index contributed by atoms with van der Waals surface area (Å²) in [6.45, 7) is 0. The van der Waals surface area contributed by atoms with Crippen molar-refractivity contribution in [3.05, 3.63) is 11.3 Å². The third kappa shape index (κ3) is 3.17. The first kappa shape index (κ1) is 14.3. The molecule has 0 aliphatic carbocycles. The highest BCUT2D eigenvalue weighted by Crippen LogP contribution is 2.24. The highest BCUT2D eigenvalue weighted by atomic mass is 19.4. The molecule has 0 aromatic heterocycles. The molecule has 0 fully saturated rings. The smallest absolute Gasteiger partial charge is 0.433 e. The van der Waals surface area contributed by atoms with Crippen molar-refractivity contribution in [2.24, 2.45) is 10.7 Å². The summed E-state index contributed by atoms with van der Waals surface area (Å²) in [5, 5.41) is 8.41. The first-order valence-corrected chi connectivity index (χ1v) is 3.68. The molecule has 0 aliphatic heterocycles. The summed E-state index contributed by atoms with van der Waals surface area (Å²) in [5.41, 5.74) is -0.751. The van der Waals surface area contributed by atoms with Gasteiger partial charge in [0.15, 0.2) is 5.71 Å². The normalized spacial score (nSPS) is 15.1. The van der Waals surface area contributed by atoms with Crippen LogP contribution in [-0.4, -0.2) is 36.4 Å². The molecule has 9 heteroatoms. The number of nitrogens with two attached hydrogens (primary N) is 1. The van der Waals surface area contributed by atoms with Crippen molar-refractivity contribution < 1.29 is 31.9 Å². The van der Waals surface area contributed by atoms with E-state index in [9.17, 15) is 26.7 Å². The Kier molecular flexibility index (Phi) is 4.39. The van der Waals surface area contributed by atoms with Crippen LogP contribution in [0.3, 0.4) is 0 Å². The van der Waals surface area contributed by atoms with E-state index < -0.39 is 35.6 Å². The quantitative estimate of drug-likeness (QED) is 0.446. The molecule has 0 unspecified atom stereocenters. The predicted octanol–water partition coefficient (Wildman–Crippen LogP) is 1.18. The van der Waals surface area contributed by atoms with Crippen LogP contribution in [0.25, 0.3) is 0 Å². The van der Waals surface area contributed by atoms with Gasteiger partial charge in [-0.15, -0.1) is 0 Å². The Morgan fingerprint density at radius 1 is 1.38 bits per heavy atom. The van der Waals surface area contributed by atoms with Crippen molar-refractivity contribution in [3.63, 3.8) is 0 Å². The molecule has 0 bridgehead atoms. The van der Waals surface area contributed by atoms with Crippen LogP contribution >= 0.6 is 0 Å². The lowest BCUT2D eigenvalue weighted by molar-refractivity contribution is -0.132. The maximum atomic E-state index is 12.2. The second kappa shape index (κ2) is 4.90. The van der Waals surface area contributed by atoms with Crippen molar-refractivity contribution in [2.75, 3.05) is 7.05 Å². The van der Waals surface area contributed by atoms with E-state index in [1.165, 1.54) is 0 Å². The minimum absolute atomic E-state index is 0.629. The molecule has 0 aliphatic rings. The Balaban J connectivity index is 5.75. The van der Waals surface area contributed by atoms with E-state index in [2.05, 4.69) is 10.7 Å². The molecule has 0 aromatic rings. The van der Waals surface area contributed by atoms with E-state index in [4.69, 9.17) is 5.11 Å². The van der Waals surface area contributed by atoms with Crippen LogP contribution in [-0.2, 0) is 4.79 Å². The SMILES string of the molecule is CN=C(C(C(=O)O)=C(N)C(F)F)C(F)(F)F. The van der Waals surface area contributed by atoms with Gasteiger partial charge in [0, 0.05) is 7.05 Å². The highest BCUT2D eigenvalue weighted by Gasteiger charge is 2.42. The van der Waals surface area contributed by atoms with Gasteiger partial charge in [-0.1, -0.05) is 0 Å². The van der Waals surface area contributed by atoms with Crippen LogP contribution in [0.2, 0.25) is 0 Å². The van der Waals surface area contributed by atoms with Gasteiger partial charge in [0.05, 0.1) is 5.70 Å². The van der Waals surface area contributed by atoms with Crippen molar-refractivity contribution in [1.82, 2.24) is 0 Å². The largest absolute Gasteiger partial charge is 0.478 e. The summed E-state index contributed by atoms with van der Waals surface area (Å²) in [6, 6.07) is 0. The average Bonchev–Trinajstić information content (AvgIpc) is 2.09. The number of allylic oxidation sites excluding steroid dienone is 1. The van der Waals surface area contributed by atoms with Gasteiger partial charge < -0.3 is 10.8 Å². The van der Waals surface area contributed by atoms with Crippen LogP contribution in [0.4, 0.5) is 22.0 Å². The Labute approximate surface area is 86.3 Å². The average molecular weight is 246 g/mol. The molecule has 4 nitrogen and oxygen atoms in total. The maximum absolute atomic E-state index is 12.2. The van der Waals surface area contributed by atoms with Gasteiger partial charge in [-0.2, -0.15) is 13.2 Å². The predicted molar refractivity (Wildman–Crippen MR) is 44.3 cm³/mol. The number of alkyl halides is 5. The number of hydrogen-bond donors (Lipinski definition) is 2. The molecule has 0 spiro atoms. The van der Waals surface area contributed by atoms with Crippen molar-refractivity contribution in [2.45, 2.75) is 12.6 Å². The fourth-order valence-corrected chi connectivity index (χ4v) is 0.851. The molecule has 0 saturated carbocycles. The first-order valence-electron chi connectivity index (χ1n) is 3.68. The summed E-state index contributed by atoms with van der Waals surface area (Å²) in [7, 11) is 0.629. The lowest BCUT2D eigenvalue weighted by atomic mass is 10.1. The first-order chi connectivity index (χ1) is 7.12. The van der Waals surface area contributed by atoms with Crippen molar-refractivity contribution in [1.29, 1.82) is 0 Å². The Hall–Kier alpha value is -1.67. The minimum Gasteiger partial charge on any atom is -0.478 e. The summed E-state index contributed by atoms with van der Waals surface area (Å²) in [6.07, 6.45) is -8.67. The molecule has 0 saturated heterocycles. The fourth-order valence-electron chi connectivity index (χ4n) is 0.851. The van der Waals surface area contributed by atoms with E-state index in [0.29, 0.717) is 7.05 Å². The van der Waals surface area contributed by atoms with E-state index in [1.807, 2.05) is 0 Å².